The fraction of sp³-hybridized carbons (Fsp3) is 0.0667. The highest BCUT2D eigenvalue weighted by Gasteiger charge is 2.27. The Kier molecular flexibility index (Phi) is 5.29. The molecule has 0 amide bonds. The Hall–Kier alpha value is -1.93. The highest BCUT2D eigenvalue weighted by Crippen LogP contribution is 2.30. The largest absolute Gasteiger partial charge is 0.251 e. The highest BCUT2D eigenvalue weighted by atomic mass is 35.5. The number of halogens is 6. The van der Waals surface area contributed by atoms with Crippen molar-refractivity contribution in [2.75, 3.05) is 0 Å². The third-order valence-corrected chi connectivity index (χ3v) is 4.68. The molecule has 0 N–H and O–H groups in total. The van der Waals surface area contributed by atoms with Crippen LogP contribution in [0.25, 0.3) is 5.83 Å². The van der Waals surface area contributed by atoms with Crippen LogP contribution in [-0.4, -0.2) is 8.42 Å². The van der Waals surface area contributed by atoms with Crippen LogP contribution in [0.15, 0.2) is 41.6 Å². The summed E-state index contributed by atoms with van der Waals surface area (Å²) in [5.41, 5.74) is -1.22. The second-order valence-electron chi connectivity index (χ2n) is 4.70. The number of rotatable bonds is 4. The quantitative estimate of drug-likeness (QED) is 0.554. The minimum Gasteiger partial charge on any atom is -0.221 e. The lowest BCUT2D eigenvalue weighted by Crippen LogP contribution is -2.07. The third kappa shape index (κ3) is 3.76. The molecule has 2 rings (SSSR count). The van der Waals surface area contributed by atoms with Crippen LogP contribution in [0.1, 0.15) is 11.1 Å². The van der Waals surface area contributed by atoms with E-state index in [1.807, 2.05) is 0 Å². The summed E-state index contributed by atoms with van der Waals surface area (Å²) in [6.45, 7) is 0. The molecule has 0 heterocycles. The summed E-state index contributed by atoms with van der Waals surface area (Å²) in [6, 6.07) is 6.01. The normalized spacial score (nSPS) is 12.9. The van der Waals surface area contributed by atoms with Crippen molar-refractivity contribution in [1.29, 1.82) is 0 Å². The first-order chi connectivity index (χ1) is 11.1. The fourth-order valence-corrected chi connectivity index (χ4v) is 3.07. The van der Waals surface area contributed by atoms with Crippen molar-refractivity contribution in [2.24, 2.45) is 0 Å². The maximum absolute atomic E-state index is 13.9. The molecule has 0 aliphatic rings. The molecule has 0 saturated carbocycles. The van der Waals surface area contributed by atoms with Crippen molar-refractivity contribution in [3.63, 3.8) is 0 Å². The standard InChI is InChI=1S/C15H8ClF5O2S/c16-9-3-1-8(2-4-9)7-24(22,23)15(21)13(19)10-5-6-11(17)14(20)12(10)18/h1-6H,7H2. The lowest BCUT2D eigenvalue weighted by molar-refractivity contribution is 0.443. The van der Waals surface area contributed by atoms with Gasteiger partial charge in [-0.25, -0.2) is 26.0 Å². The summed E-state index contributed by atoms with van der Waals surface area (Å²) >= 11 is 5.62. The predicted octanol–water partition coefficient (Wildman–Crippen LogP) is 4.94. The Bertz CT molecular complexity index is 908. The molecule has 0 aromatic heterocycles. The van der Waals surface area contributed by atoms with Gasteiger partial charge in [0.05, 0.1) is 11.3 Å². The van der Waals surface area contributed by atoms with Crippen LogP contribution in [0.2, 0.25) is 5.02 Å². The van der Waals surface area contributed by atoms with E-state index in [0.29, 0.717) is 17.2 Å². The molecule has 0 aliphatic heterocycles. The number of benzene rings is 2. The number of hydrogen-bond acceptors (Lipinski definition) is 2. The second-order valence-corrected chi connectivity index (χ2v) is 7.01. The average molecular weight is 383 g/mol. The molecule has 2 aromatic carbocycles. The zero-order valence-electron chi connectivity index (χ0n) is 11.7. The van der Waals surface area contributed by atoms with Gasteiger partial charge in [-0.1, -0.05) is 23.7 Å². The summed E-state index contributed by atoms with van der Waals surface area (Å²) < 4.78 is 91.0. The summed E-state index contributed by atoms with van der Waals surface area (Å²) in [6.07, 6.45) is 0. The van der Waals surface area contributed by atoms with E-state index in [0.717, 1.165) is 0 Å². The molecule has 2 aromatic rings. The number of hydrogen-bond donors (Lipinski definition) is 0. The van der Waals surface area contributed by atoms with Crippen LogP contribution in [-0.2, 0) is 15.6 Å². The molecule has 0 radical (unpaired) electrons. The van der Waals surface area contributed by atoms with Crippen molar-refractivity contribution in [3.05, 3.63) is 75.2 Å². The van der Waals surface area contributed by atoms with Crippen LogP contribution in [0.4, 0.5) is 22.0 Å². The summed E-state index contributed by atoms with van der Waals surface area (Å²) in [5.74, 6) is -8.74. The number of sulfone groups is 1. The van der Waals surface area contributed by atoms with Gasteiger partial charge in [-0.15, -0.1) is 0 Å². The predicted molar refractivity (Wildman–Crippen MR) is 79.5 cm³/mol. The third-order valence-electron chi connectivity index (χ3n) is 2.99. The molecule has 2 nitrogen and oxygen atoms in total. The van der Waals surface area contributed by atoms with Gasteiger partial charge in [0, 0.05) is 5.02 Å². The summed E-state index contributed by atoms with van der Waals surface area (Å²) in [7, 11) is -4.80. The molecule has 128 valence electrons. The minimum absolute atomic E-state index is 0.105. The lowest BCUT2D eigenvalue weighted by Gasteiger charge is -2.06. The topological polar surface area (TPSA) is 34.1 Å². The SMILES string of the molecule is O=S(=O)(Cc1ccc(Cl)cc1)C(F)=C(F)c1ccc(F)c(F)c1F. The van der Waals surface area contributed by atoms with Crippen LogP contribution >= 0.6 is 11.6 Å². The van der Waals surface area contributed by atoms with Gasteiger partial charge in [0.1, 0.15) is 0 Å². The van der Waals surface area contributed by atoms with E-state index in [4.69, 9.17) is 11.6 Å². The van der Waals surface area contributed by atoms with Crippen LogP contribution in [0, 0.1) is 17.5 Å². The average Bonchev–Trinajstić information content (AvgIpc) is 2.53. The summed E-state index contributed by atoms with van der Waals surface area (Å²) in [4.78, 5) is 0. The zero-order valence-corrected chi connectivity index (χ0v) is 13.2. The maximum Gasteiger partial charge on any atom is 0.251 e. The zero-order chi connectivity index (χ0) is 18.1. The van der Waals surface area contributed by atoms with Gasteiger partial charge in [0.15, 0.2) is 23.3 Å². The van der Waals surface area contributed by atoms with Gasteiger partial charge >= 0.3 is 0 Å². The fourth-order valence-electron chi connectivity index (χ4n) is 1.80. The Labute approximate surface area is 139 Å². The molecular formula is C15H8ClF5O2S. The van der Waals surface area contributed by atoms with E-state index < -0.39 is 49.6 Å². The van der Waals surface area contributed by atoms with E-state index >= 15 is 0 Å². The second kappa shape index (κ2) is 6.90. The van der Waals surface area contributed by atoms with Gasteiger partial charge in [-0.3, -0.25) is 0 Å². The van der Waals surface area contributed by atoms with Gasteiger partial charge < -0.3 is 0 Å². The highest BCUT2D eigenvalue weighted by molar-refractivity contribution is 7.94. The van der Waals surface area contributed by atoms with Gasteiger partial charge in [-0.05, 0) is 29.8 Å². The van der Waals surface area contributed by atoms with Crippen molar-refractivity contribution in [3.8, 4) is 0 Å². The van der Waals surface area contributed by atoms with E-state index in [9.17, 15) is 30.4 Å². The smallest absolute Gasteiger partial charge is 0.221 e. The van der Waals surface area contributed by atoms with Crippen LogP contribution in [0.5, 0.6) is 0 Å². The Morgan fingerprint density at radius 3 is 2.08 bits per heavy atom. The van der Waals surface area contributed by atoms with Crippen molar-refractivity contribution >= 4 is 27.3 Å². The minimum atomic E-state index is -4.80. The Balaban J connectivity index is 2.44. The monoisotopic (exact) mass is 382 g/mol. The van der Waals surface area contributed by atoms with E-state index in [1.165, 1.54) is 24.3 Å². The molecule has 0 unspecified atom stereocenters. The maximum atomic E-state index is 13.9. The first-order valence-electron chi connectivity index (χ1n) is 6.30. The Morgan fingerprint density at radius 1 is 0.917 bits per heavy atom. The molecule has 9 heteroatoms. The van der Waals surface area contributed by atoms with E-state index in [-0.39, 0.29) is 5.56 Å². The molecule has 0 atom stereocenters. The molecule has 0 saturated heterocycles. The van der Waals surface area contributed by atoms with Gasteiger partial charge in [-0.2, -0.15) is 4.39 Å². The summed E-state index contributed by atoms with van der Waals surface area (Å²) in [5, 5.41) is -1.97. The van der Waals surface area contributed by atoms with E-state index in [2.05, 4.69) is 0 Å². The lowest BCUT2D eigenvalue weighted by atomic mass is 10.2. The first-order valence-corrected chi connectivity index (χ1v) is 8.33. The molecule has 0 bridgehead atoms. The van der Waals surface area contributed by atoms with Crippen molar-refractivity contribution in [1.82, 2.24) is 0 Å². The molecule has 0 spiro atoms. The van der Waals surface area contributed by atoms with Crippen molar-refractivity contribution < 1.29 is 30.4 Å². The first kappa shape index (κ1) is 18.4. The van der Waals surface area contributed by atoms with E-state index in [1.54, 1.807) is 0 Å². The molecule has 24 heavy (non-hydrogen) atoms. The van der Waals surface area contributed by atoms with Gasteiger partial charge in [0.25, 0.3) is 5.16 Å². The van der Waals surface area contributed by atoms with Crippen LogP contribution < -0.4 is 0 Å². The molecule has 0 fully saturated rings. The molecule has 0 aliphatic carbocycles. The van der Waals surface area contributed by atoms with Gasteiger partial charge in [0.2, 0.25) is 9.84 Å². The molecular weight excluding hydrogens is 375 g/mol. The van der Waals surface area contributed by atoms with Crippen LogP contribution in [0.3, 0.4) is 0 Å². The Morgan fingerprint density at radius 2 is 1.50 bits per heavy atom. The van der Waals surface area contributed by atoms with Crippen molar-refractivity contribution in [2.45, 2.75) is 5.75 Å².